The van der Waals surface area contributed by atoms with Crippen molar-refractivity contribution >= 4 is 11.7 Å². The fourth-order valence-electron chi connectivity index (χ4n) is 1.03. The van der Waals surface area contributed by atoms with Gasteiger partial charge in [0.05, 0.1) is 12.2 Å². The Hall–Kier alpha value is -1.95. The minimum absolute atomic E-state index is 0.318. The lowest BCUT2D eigenvalue weighted by molar-refractivity contribution is 0.0527. The summed E-state index contributed by atoms with van der Waals surface area (Å²) in [6, 6.07) is 4.83. The number of carbonyl (C=O) groups is 1. The van der Waals surface area contributed by atoms with Gasteiger partial charge >= 0.3 is 5.97 Å². The second kappa shape index (κ2) is 4.33. The standard InChI is InChI=1S/C11H11NO2/c1-3-8-5-6-10(12)9(7-8)11(13)14-4-2/h1,5-7H,4,12H2,2H3. The zero-order chi connectivity index (χ0) is 10.6. The Morgan fingerprint density at radius 2 is 2.36 bits per heavy atom. The van der Waals surface area contributed by atoms with Gasteiger partial charge in [0.25, 0.3) is 0 Å². The van der Waals surface area contributed by atoms with E-state index in [0.29, 0.717) is 23.4 Å². The van der Waals surface area contributed by atoms with E-state index >= 15 is 0 Å². The number of ether oxygens (including phenoxy) is 1. The molecular weight excluding hydrogens is 178 g/mol. The van der Waals surface area contributed by atoms with E-state index in [1.165, 1.54) is 0 Å². The van der Waals surface area contributed by atoms with E-state index in [9.17, 15) is 4.79 Å². The average molecular weight is 189 g/mol. The average Bonchev–Trinajstić information content (AvgIpc) is 2.19. The highest BCUT2D eigenvalue weighted by molar-refractivity contribution is 5.95. The van der Waals surface area contributed by atoms with E-state index in [4.69, 9.17) is 16.9 Å². The number of terminal acetylenes is 1. The lowest BCUT2D eigenvalue weighted by Gasteiger charge is -2.05. The third-order valence-electron chi connectivity index (χ3n) is 1.72. The molecule has 1 aromatic carbocycles. The zero-order valence-electron chi connectivity index (χ0n) is 7.91. The van der Waals surface area contributed by atoms with E-state index in [-0.39, 0.29) is 0 Å². The van der Waals surface area contributed by atoms with Crippen molar-refractivity contribution in [3.8, 4) is 12.3 Å². The number of rotatable bonds is 2. The van der Waals surface area contributed by atoms with E-state index in [0.717, 1.165) is 0 Å². The van der Waals surface area contributed by atoms with Crippen molar-refractivity contribution in [2.45, 2.75) is 6.92 Å². The van der Waals surface area contributed by atoms with Crippen LogP contribution in [0.3, 0.4) is 0 Å². The van der Waals surface area contributed by atoms with Gasteiger partial charge in [-0.1, -0.05) is 5.92 Å². The maximum Gasteiger partial charge on any atom is 0.340 e. The van der Waals surface area contributed by atoms with E-state index < -0.39 is 5.97 Å². The minimum Gasteiger partial charge on any atom is -0.462 e. The second-order valence-electron chi connectivity index (χ2n) is 2.67. The van der Waals surface area contributed by atoms with Crippen LogP contribution in [0.2, 0.25) is 0 Å². The fourth-order valence-corrected chi connectivity index (χ4v) is 1.03. The van der Waals surface area contributed by atoms with E-state index in [1.807, 2.05) is 0 Å². The molecule has 0 saturated heterocycles. The first kappa shape index (κ1) is 10.1. The molecule has 0 spiro atoms. The smallest absolute Gasteiger partial charge is 0.340 e. The number of nitrogens with two attached hydrogens (primary N) is 1. The van der Waals surface area contributed by atoms with Gasteiger partial charge in [-0.15, -0.1) is 6.42 Å². The molecule has 0 radical (unpaired) electrons. The summed E-state index contributed by atoms with van der Waals surface area (Å²) in [5, 5.41) is 0. The summed E-state index contributed by atoms with van der Waals surface area (Å²) in [6.07, 6.45) is 5.20. The Morgan fingerprint density at radius 3 is 2.93 bits per heavy atom. The number of carbonyl (C=O) groups excluding carboxylic acids is 1. The van der Waals surface area contributed by atoms with Crippen LogP contribution < -0.4 is 5.73 Å². The molecule has 14 heavy (non-hydrogen) atoms. The lowest BCUT2D eigenvalue weighted by atomic mass is 10.1. The summed E-state index contributed by atoms with van der Waals surface area (Å²) >= 11 is 0. The molecule has 2 N–H and O–H groups in total. The number of esters is 1. The number of nitrogen functional groups attached to an aromatic ring is 1. The molecule has 0 aromatic heterocycles. The van der Waals surface area contributed by atoms with Gasteiger partial charge in [0, 0.05) is 11.3 Å². The molecular formula is C11H11NO2. The van der Waals surface area contributed by atoms with Gasteiger partial charge in [0.1, 0.15) is 0 Å². The Morgan fingerprint density at radius 1 is 1.64 bits per heavy atom. The third kappa shape index (κ3) is 2.05. The lowest BCUT2D eigenvalue weighted by Crippen LogP contribution is -2.08. The quantitative estimate of drug-likeness (QED) is 0.435. The first-order valence-electron chi connectivity index (χ1n) is 4.22. The molecule has 1 rings (SSSR count). The number of hydrogen-bond acceptors (Lipinski definition) is 3. The predicted molar refractivity (Wildman–Crippen MR) is 54.7 cm³/mol. The summed E-state index contributed by atoms with van der Waals surface area (Å²) in [7, 11) is 0. The van der Waals surface area contributed by atoms with Crippen LogP contribution in [0.5, 0.6) is 0 Å². The minimum atomic E-state index is -0.443. The normalized spacial score (nSPS) is 9.14. The predicted octanol–water partition coefficient (Wildman–Crippen LogP) is 1.43. The van der Waals surface area contributed by atoms with E-state index in [1.54, 1.807) is 25.1 Å². The molecule has 72 valence electrons. The van der Waals surface area contributed by atoms with Crippen LogP contribution in [-0.4, -0.2) is 12.6 Å². The number of hydrogen-bond donors (Lipinski definition) is 1. The molecule has 3 heteroatoms. The topological polar surface area (TPSA) is 52.3 Å². The molecule has 0 bridgehead atoms. The highest BCUT2D eigenvalue weighted by atomic mass is 16.5. The molecule has 0 fully saturated rings. The molecule has 3 nitrogen and oxygen atoms in total. The third-order valence-corrected chi connectivity index (χ3v) is 1.72. The first-order chi connectivity index (χ1) is 6.69. The van der Waals surface area contributed by atoms with Crippen LogP contribution in [-0.2, 0) is 4.74 Å². The van der Waals surface area contributed by atoms with Gasteiger partial charge in [0.15, 0.2) is 0 Å². The Labute approximate surface area is 82.9 Å². The van der Waals surface area contributed by atoms with Crippen LogP contribution in [0.4, 0.5) is 5.69 Å². The Bertz CT molecular complexity index is 391. The fraction of sp³-hybridized carbons (Fsp3) is 0.182. The van der Waals surface area contributed by atoms with Crippen molar-refractivity contribution in [3.63, 3.8) is 0 Å². The summed E-state index contributed by atoms with van der Waals surface area (Å²) in [6.45, 7) is 2.05. The zero-order valence-corrected chi connectivity index (χ0v) is 7.91. The van der Waals surface area contributed by atoms with Crippen LogP contribution in [0, 0.1) is 12.3 Å². The molecule has 0 atom stereocenters. The maximum atomic E-state index is 11.4. The van der Waals surface area contributed by atoms with Crippen molar-refractivity contribution in [2.24, 2.45) is 0 Å². The van der Waals surface area contributed by atoms with Crippen molar-refractivity contribution in [1.82, 2.24) is 0 Å². The Kier molecular flexibility index (Phi) is 3.14. The van der Waals surface area contributed by atoms with Crippen molar-refractivity contribution in [2.75, 3.05) is 12.3 Å². The Balaban J connectivity index is 3.07. The first-order valence-corrected chi connectivity index (χ1v) is 4.22. The van der Waals surface area contributed by atoms with Gasteiger partial charge in [-0.25, -0.2) is 4.79 Å². The van der Waals surface area contributed by atoms with Gasteiger partial charge in [0.2, 0.25) is 0 Å². The summed E-state index contributed by atoms with van der Waals surface area (Å²) in [5.41, 5.74) is 6.92. The van der Waals surface area contributed by atoms with Crippen LogP contribution in [0.25, 0.3) is 0 Å². The largest absolute Gasteiger partial charge is 0.462 e. The molecule has 1 aromatic rings. The van der Waals surface area contributed by atoms with Crippen LogP contribution in [0.15, 0.2) is 18.2 Å². The summed E-state index contributed by atoms with van der Waals surface area (Å²) < 4.78 is 4.82. The molecule has 0 aliphatic rings. The highest BCUT2D eigenvalue weighted by Gasteiger charge is 2.10. The summed E-state index contributed by atoms with van der Waals surface area (Å²) in [5.74, 6) is 1.99. The van der Waals surface area contributed by atoms with Gasteiger partial charge in [-0.3, -0.25) is 0 Å². The van der Waals surface area contributed by atoms with Crippen molar-refractivity contribution < 1.29 is 9.53 Å². The number of benzene rings is 1. The maximum absolute atomic E-state index is 11.4. The van der Waals surface area contributed by atoms with E-state index in [2.05, 4.69) is 5.92 Å². The monoisotopic (exact) mass is 189 g/mol. The number of anilines is 1. The van der Waals surface area contributed by atoms with Crippen molar-refractivity contribution in [3.05, 3.63) is 29.3 Å². The van der Waals surface area contributed by atoms with Crippen LogP contribution in [0.1, 0.15) is 22.8 Å². The van der Waals surface area contributed by atoms with Crippen LogP contribution >= 0.6 is 0 Å². The molecule has 0 amide bonds. The molecule has 0 aliphatic heterocycles. The highest BCUT2D eigenvalue weighted by Crippen LogP contribution is 2.14. The second-order valence-corrected chi connectivity index (χ2v) is 2.67. The van der Waals surface area contributed by atoms with Gasteiger partial charge in [-0.2, -0.15) is 0 Å². The van der Waals surface area contributed by atoms with Gasteiger partial charge < -0.3 is 10.5 Å². The molecule has 0 heterocycles. The van der Waals surface area contributed by atoms with Crippen molar-refractivity contribution in [1.29, 1.82) is 0 Å². The van der Waals surface area contributed by atoms with Gasteiger partial charge in [-0.05, 0) is 25.1 Å². The molecule has 0 saturated carbocycles. The molecule has 0 aliphatic carbocycles. The molecule has 0 unspecified atom stereocenters. The SMILES string of the molecule is C#Cc1ccc(N)c(C(=O)OCC)c1. The summed E-state index contributed by atoms with van der Waals surface area (Å²) in [4.78, 5) is 11.4.